The second-order valence-corrected chi connectivity index (χ2v) is 4.52. The van der Waals surface area contributed by atoms with Gasteiger partial charge in [-0.3, -0.25) is 4.79 Å². The molecule has 0 bridgehead atoms. The number of aromatic hydroxyl groups is 1. The minimum absolute atomic E-state index is 0.0104. The number of anilines is 1. The average Bonchev–Trinajstić information content (AvgIpc) is 2.35. The molecule has 0 spiro atoms. The number of carbonyl (C=O) groups excluding carboxylic acids is 1. The fourth-order valence-electron chi connectivity index (χ4n) is 1.52. The summed E-state index contributed by atoms with van der Waals surface area (Å²) in [6.07, 6.45) is 0. The van der Waals surface area contributed by atoms with Gasteiger partial charge in [0.15, 0.2) is 0 Å². The molecule has 1 amide bonds. The highest BCUT2D eigenvalue weighted by Crippen LogP contribution is 2.20. The molecule has 0 saturated heterocycles. The van der Waals surface area contributed by atoms with E-state index in [1.807, 2.05) is 0 Å². The van der Waals surface area contributed by atoms with Crippen molar-refractivity contribution in [3.63, 3.8) is 0 Å². The largest absolute Gasteiger partial charge is 0.507 e. The molecule has 0 aliphatic carbocycles. The van der Waals surface area contributed by atoms with Gasteiger partial charge in [0.05, 0.1) is 11.3 Å². The van der Waals surface area contributed by atoms with Gasteiger partial charge in [0.2, 0.25) is 0 Å². The Morgan fingerprint density at radius 2 is 1.89 bits per heavy atom. The number of rotatable bonds is 2. The highest BCUT2D eigenvalue weighted by molar-refractivity contribution is 7.27. The Labute approximate surface area is 110 Å². The summed E-state index contributed by atoms with van der Waals surface area (Å²) in [7, 11) is 2.38. The van der Waals surface area contributed by atoms with Crippen molar-refractivity contribution in [1.82, 2.24) is 0 Å². The summed E-state index contributed by atoms with van der Waals surface area (Å²) in [6.45, 7) is 0. The molecule has 3 nitrogen and oxygen atoms in total. The fourth-order valence-corrected chi connectivity index (χ4v) is 1.78. The van der Waals surface area contributed by atoms with Crippen LogP contribution in [0.4, 0.5) is 14.5 Å². The normalized spacial score (nSPS) is 10.3. The fraction of sp³-hybridized carbons (Fsp3) is 0. The number of halogens is 2. The van der Waals surface area contributed by atoms with E-state index in [4.69, 9.17) is 0 Å². The Kier molecular flexibility index (Phi) is 3.76. The van der Waals surface area contributed by atoms with E-state index < -0.39 is 17.5 Å². The maximum Gasteiger partial charge on any atom is 0.259 e. The van der Waals surface area contributed by atoms with Gasteiger partial charge in [0.1, 0.15) is 17.4 Å². The Hall–Kier alpha value is -2.00. The van der Waals surface area contributed by atoms with E-state index in [-0.39, 0.29) is 17.0 Å². The first-order chi connectivity index (χ1) is 8.97. The lowest BCUT2D eigenvalue weighted by molar-refractivity contribution is 0.102. The van der Waals surface area contributed by atoms with Crippen molar-refractivity contribution in [1.29, 1.82) is 0 Å². The minimum Gasteiger partial charge on any atom is -0.507 e. The molecule has 0 aliphatic rings. The summed E-state index contributed by atoms with van der Waals surface area (Å²) in [4.78, 5) is 11.9. The lowest BCUT2D eigenvalue weighted by atomic mass is 10.2. The maximum absolute atomic E-state index is 13.4. The number of benzene rings is 2. The van der Waals surface area contributed by atoms with Crippen molar-refractivity contribution >= 4 is 26.1 Å². The zero-order chi connectivity index (χ0) is 14.0. The summed E-state index contributed by atoms with van der Waals surface area (Å²) in [5, 5.41) is 12.5. The lowest BCUT2D eigenvalue weighted by Crippen LogP contribution is -2.14. The molecule has 98 valence electrons. The summed E-state index contributed by atoms with van der Waals surface area (Å²) in [5.41, 5.74) is -0.142. The number of hydrogen-bond donors (Lipinski definition) is 2. The predicted octanol–water partition coefficient (Wildman–Crippen LogP) is 2.42. The third kappa shape index (κ3) is 3.06. The van der Waals surface area contributed by atoms with E-state index in [0.29, 0.717) is 11.4 Å². The summed E-state index contributed by atoms with van der Waals surface area (Å²) >= 11 is 0. The molecule has 0 radical (unpaired) electrons. The van der Waals surface area contributed by atoms with E-state index in [1.54, 1.807) is 6.07 Å². The third-order valence-corrected chi connectivity index (χ3v) is 2.80. The van der Waals surface area contributed by atoms with Crippen LogP contribution in [0.25, 0.3) is 0 Å². The molecule has 0 aromatic heterocycles. The van der Waals surface area contributed by atoms with Gasteiger partial charge in [0.25, 0.3) is 5.91 Å². The van der Waals surface area contributed by atoms with E-state index in [1.165, 1.54) is 12.1 Å². The number of carbonyl (C=O) groups is 1. The number of amides is 1. The summed E-state index contributed by atoms with van der Waals surface area (Å²) < 4.78 is 26.1. The zero-order valence-corrected chi connectivity index (χ0v) is 10.8. The second kappa shape index (κ2) is 5.33. The van der Waals surface area contributed by atoms with E-state index >= 15 is 0 Å². The third-order valence-electron chi connectivity index (χ3n) is 2.44. The smallest absolute Gasteiger partial charge is 0.259 e. The molecule has 1 unspecified atom stereocenters. The van der Waals surface area contributed by atoms with Crippen LogP contribution >= 0.6 is 9.24 Å². The number of phenolic OH excluding ortho intramolecular Hbond substituents is 1. The number of hydrogen-bond acceptors (Lipinski definition) is 2. The van der Waals surface area contributed by atoms with Crippen LogP contribution < -0.4 is 10.6 Å². The van der Waals surface area contributed by atoms with Gasteiger partial charge in [0, 0.05) is 6.07 Å². The van der Waals surface area contributed by atoms with Crippen molar-refractivity contribution < 1.29 is 18.7 Å². The predicted molar refractivity (Wildman–Crippen MR) is 71.8 cm³/mol. The van der Waals surface area contributed by atoms with Crippen LogP contribution in [0.2, 0.25) is 0 Å². The molecule has 1 atom stereocenters. The Morgan fingerprint density at radius 1 is 1.16 bits per heavy atom. The molecule has 0 saturated carbocycles. The average molecular weight is 281 g/mol. The molecular weight excluding hydrogens is 271 g/mol. The quantitative estimate of drug-likeness (QED) is 0.831. The zero-order valence-electron chi connectivity index (χ0n) is 9.65. The molecule has 0 heterocycles. The van der Waals surface area contributed by atoms with Crippen molar-refractivity contribution in [2.24, 2.45) is 0 Å². The number of nitrogens with one attached hydrogen (secondary N) is 1. The SMILES string of the molecule is O=C(Nc1ccc(F)cc1F)c1cc(P)ccc1O. The standard InChI is InChI=1S/C13H10F2NO2P/c14-7-1-3-11(10(15)5-7)16-13(18)9-6-8(19)2-4-12(9)17/h1-6,17H,19H2,(H,16,18). The first kappa shape index (κ1) is 13.4. The highest BCUT2D eigenvalue weighted by atomic mass is 31.0. The molecular formula is C13H10F2NO2P. The van der Waals surface area contributed by atoms with Crippen LogP contribution in [0, 0.1) is 11.6 Å². The van der Waals surface area contributed by atoms with E-state index in [2.05, 4.69) is 14.6 Å². The van der Waals surface area contributed by atoms with Gasteiger partial charge < -0.3 is 10.4 Å². The van der Waals surface area contributed by atoms with Crippen molar-refractivity contribution in [2.45, 2.75) is 0 Å². The van der Waals surface area contributed by atoms with Gasteiger partial charge in [-0.05, 0) is 29.6 Å². The van der Waals surface area contributed by atoms with Crippen LogP contribution in [0.1, 0.15) is 10.4 Å². The van der Waals surface area contributed by atoms with Crippen LogP contribution in [-0.2, 0) is 0 Å². The molecule has 6 heteroatoms. The molecule has 0 fully saturated rings. The first-order valence-corrected chi connectivity index (χ1v) is 5.90. The maximum atomic E-state index is 13.4. The summed E-state index contributed by atoms with van der Waals surface area (Å²) in [5.74, 6) is -2.50. The molecule has 19 heavy (non-hydrogen) atoms. The van der Waals surface area contributed by atoms with Crippen molar-refractivity contribution in [3.05, 3.63) is 53.6 Å². The molecule has 2 rings (SSSR count). The van der Waals surface area contributed by atoms with Crippen LogP contribution in [-0.4, -0.2) is 11.0 Å². The van der Waals surface area contributed by atoms with Crippen LogP contribution in [0.3, 0.4) is 0 Å². The Balaban J connectivity index is 2.28. The highest BCUT2D eigenvalue weighted by Gasteiger charge is 2.13. The molecule has 2 N–H and O–H groups in total. The van der Waals surface area contributed by atoms with Crippen molar-refractivity contribution in [2.75, 3.05) is 5.32 Å². The monoisotopic (exact) mass is 281 g/mol. The lowest BCUT2D eigenvalue weighted by Gasteiger charge is -2.08. The van der Waals surface area contributed by atoms with Crippen LogP contribution in [0.5, 0.6) is 5.75 Å². The topological polar surface area (TPSA) is 49.3 Å². The van der Waals surface area contributed by atoms with Gasteiger partial charge in [-0.2, -0.15) is 0 Å². The van der Waals surface area contributed by atoms with Gasteiger partial charge in [-0.15, -0.1) is 9.24 Å². The molecule has 2 aromatic rings. The first-order valence-electron chi connectivity index (χ1n) is 5.32. The van der Waals surface area contributed by atoms with Gasteiger partial charge >= 0.3 is 0 Å². The number of phenols is 1. The molecule has 2 aromatic carbocycles. The second-order valence-electron chi connectivity index (χ2n) is 3.85. The van der Waals surface area contributed by atoms with E-state index in [0.717, 1.165) is 12.1 Å². The van der Waals surface area contributed by atoms with Crippen molar-refractivity contribution in [3.8, 4) is 5.75 Å². The summed E-state index contributed by atoms with van der Waals surface area (Å²) in [6, 6.07) is 7.22. The minimum atomic E-state index is -0.880. The van der Waals surface area contributed by atoms with Gasteiger partial charge in [-0.1, -0.05) is 6.07 Å². The van der Waals surface area contributed by atoms with Gasteiger partial charge in [-0.25, -0.2) is 8.78 Å². The van der Waals surface area contributed by atoms with E-state index in [9.17, 15) is 18.7 Å². The Morgan fingerprint density at radius 3 is 2.58 bits per heavy atom. The van der Waals surface area contributed by atoms with Crippen LogP contribution in [0.15, 0.2) is 36.4 Å². The molecule has 0 aliphatic heterocycles. The Bertz CT molecular complexity index is 647.